The molecule has 0 radical (unpaired) electrons. The molecule has 2 aliphatic carbocycles. The Balaban J connectivity index is 1.38. The molecule has 5 aliphatic rings. The molecule has 7 rings (SSSR count). The highest BCUT2D eigenvalue weighted by Crippen LogP contribution is 2.66. The van der Waals surface area contributed by atoms with E-state index in [1.165, 1.54) is 6.07 Å². The molecule has 34 heavy (non-hydrogen) atoms. The van der Waals surface area contributed by atoms with Gasteiger partial charge in [-0.2, -0.15) is 0 Å². The number of halogens is 1. The van der Waals surface area contributed by atoms with E-state index in [0.29, 0.717) is 49.1 Å². The average molecular weight is 463 g/mol. The molecule has 2 aromatic rings. The summed E-state index contributed by atoms with van der Waals surface area (Å²) in [5.74, 6) is -0.0527. The summed E-state index contributed by atoms with van der Waals surface area (Å²) in [6.07, 6.45) is 3.75. The van der Waals surface area contributed by atoms with Crippen LogP contribution < -0.4 is 4.74 Å². The van der Waals surface area contributed by atoms with Crippen LogP contribution in [0.3, 0.4) is 0 Å². The largest absolute Gasteiger partial charge is 0.504 e. The van der Waals surface area contributed by atoms with Crippen LogP contribution in [-0.4, -0.2) is 62.8 Å². The number of nitrogens with zero attached hydrogens (tertiary/aromatic N) is 2. The van der Waals surface area contributed by atoms with Gasteiger partial charge in [-0.15, -0.1) is 6.58 Å². The number of amides is 1. The van der Waals surface area contributed by atoms with Crippen molar-refractivity contribution in [3.63, 3.8) is 0 Å². The highest BCUT2D eigenvalue weighted by atomic mass is 19.1. The summed E-state index contributed by atoms with van der Waals surface area (Å²) in [5.41, 5.74) is 1.04. The maximum Gasteiger partial charge on any atom is 0.254 e. The first-order valence-corrected chi connectivity index (χ1v) is 12.1. The number of rotatable bonds is 3. The molecule has 1 amide bonds. The second kappa shape index (κ2) is 6.61. The maximum atomic E-state index is 14.5. The fourth-order valence-electron chi connectivity index (χ4n) is 7.89. The second-order valence-electron chi connectivity index (χ2n) is 10.4. The number of carbonyl (C=O) groups excluding carboxylic acids is 1. The first kappa shape index (κ1) is 20.5. The molecule has 1 spiro atoms. The summed E-state index contributed by atoms with van der Waals surface area (Å²) in [6, 6.07) is 7.82. The number of likely N-dealkylation sites (tertiary alicyclic amines) is 1. The van der Waals surface area contributed by atoms with Gasteiger partial charge in [0.2, 0.25) is 0 Å². The molecule has 6 nitrogen and oxygen atoms in total. The zero-order valence-electron chi connectivity index (χ0n) is 18.8. The molecule has 2 bridgehead atoms. The van der Waals surface area contributed by atoms with Crippen LogP contribution in [0, 0.1) is 5.82 Å². The maximum absolute atomic E-state index is 14.5. The third kappa shape index (κ3) is 2.20. The molecule has 2 N–H and O–H groups in total. The second-order valence-corrected chi connectivity index (χ2v) is 10.4. The molecule has 0 aromatic heterocycles. The zero-order chi connectivity index (χ0) is 23.4. The van der Waals surface area contributed by atoms with Gasteiger partial charge in [-0.1, -0.05) is 18.2 Å². The van der Waals surface area contributed by atoms with E-state index in [1.807, 2.05) is 12.1 Å². The number of aliphatic hydroxyl groups is 1. The summed E-state index contributed by atoms with van der Waals surface area (Å²) >= 11 is 0. The summed E-state index contributed by atoms with van der Waals surface area (Å²) in [4.78, 5) is 17.4. The Hall–Kier alpha value is -2.90. The van der Waals surface area contributed by atoms with Crippen LogP contribution in [0.2, 0.25) is 0 Å². The molecule has 7 heteroatoms. The van der Waals surface area contributed by atoms with E-state index in [-0.39, 0.29) is 36.1 Å². The van der Waals surface area contributed by atoms with Gasteiger partial charge in [0, 0.05) is 29.3 Å². The van der Waals surface area contributed by atoms with Crippen molar-refractivity contribution in [2.24, 2.45) is 0 Å². The van der Waals surface area contributed by atoms with Crippen LogP contribution >= 0.6 is 0 Å². The van der Waals surface area contributed by atoms with Crippen molar-refractivity contribution in [2.75, 3.05) is 13.1 Å². The number of fused-ring (bicyclic) bond motifs is 1. The SMILES string of the molecule is C=CCN1CC[C@]23c4c5ccc(O)c4O[C@H]2[C@H](N2Cc4c(F)cccc4C2=O)CCC3(O)[C@H]1C5. The predicted octanol–water partition coefficient (Wildman–Crippen LogP) is 2.90. The lowest BCUT2D eigenvalue weighted by atomic mass is 9.48. The lowest BCUT2D eigenvalue weighted by molar-refractivity contribution is -0.196. The zero-order valence-corrected chi connectivity index (χ0v) is 18.8. The van der Waals surface area contributed by atoms with Crippen LogP contribution in [0.25, 0.3) is 0 Å². The molecule has 2 fully saturated rings. The fraction of sp³-hybridized carbons (Fsp3) is 0.444. The molecule has 1 saturated carbocycles. The van der Waals surface area contributed by atoms with Gasteiger partial charge in [0.05, 0.1) is 23.6 Å². The van der Waals surface area contributed by atoms with Crippen molar-refractivity contribution in [3.8, 4) is 11.5 Å². The Morgan fingerprint density at radius 3 is 2.91 bits per heavy atom. The minimum absolute atomic E-state index is 0.0673. The molecule has 3 aliphatic heterocycles. The van der Waals surface area contributed by atoms with Crippen molar-refractivity contribution in [2.45, 2.75) is 61.4 Å². The van der Waals surface area contributed by atoms with E-state index < -0.39 is 17.1 Å². The molecular formula is C27H27FN2O4. The minimum Gasteiger partial charge on any atom is -0.504 e. The molecular weight excluding hydrogens is 435 g/mol. The van der Waals surface area contributed by atoms with Gasteiger partial charge in [-0.3, -0.25) is 9.69 Å². The van der Waals surface area contributed by atoms with E-state index in [4.69, 9.17) is 4.74 Å². The summed E-state index contributed by atoms with van der Waals surface area (Å²) < 4.78 is 21.1. The number of phenolic OH excluding ortho intramolecular Hbond substituents is 1. The van der Waals surface area contributed by atoms with E-state index in [0.717, 1.165) is 17.7 Å². The van der Waals surface area contributed by atoms with Crippen LogP contribution in [0.4, 0.5) is 4.39 Å². The number of ether oxygens (including phenoxy) is 1. The van der Waals surface area contributed by atoms with Crippen LogP contribution in [0.15, 0.2) is 43.0 Å². The van der Waals surface area contributed by atoms with E-state index in [9.17, 15) is 19.4 Å². The van der Waals surface area contributed by atoms with Gasteiger partial charge in [-0.05, 0) is 56.0 Å². The fourth-order valence-corrected chi connectivity index (χ4v) is 7.89. The van der Waals surface area contributed by atoms with Crippen LogP contribution in [0.5, 0.6) is 11.5 Å². The van der Waals surface area contributed by atoms with Crippen molar-refractivity contribution >= 4 is 5.91 Å². The van der Waals surface area contributed by atoms with Crippen molar-refractivity contribution < 1.29 is 24.1 Å². The summed E-state index contributed by atoms with van der Waals surface area (Å²) in [6.45, 7) is 5.56. The van der Waals surface area contributed by atoms with E-state index in [1.54, 1.807) is 23.1 Å². The van der Waals surface area contributed by atoms with Gasteiger partial charge >= 0.3 is 0 Å². The van der Waals surface area contributed by atoms with Crippen molar-refractivity contribution in [1.82, 2.24) is 9.80 Å². The molecule has 3 heterocycles. The Kier molecular flexibility index (Phi) is 3.98. The lowest BCUT2D eigenvalue weighted by Gasteiger charge is -2.64. The molecule has 1 unspecified atom stereocenters. The third-order valence-corrected chi connectivity index (χ3v) is 9.24. The smallest absolute Gasteiger partial charge is 0.254 e. The number of hydrogen-bond donors (Lipinski definition) is 2. The molecule has 176 valence electrons. The van der Waals surface area contributed by atoms with Gasteiger partial charge in [0.25, 0.3) is 5.91 Å². The van der Waals surface area contributed by atoms with Gasteiger partial charge < -0.3 is 19.8 Å². The van der Waals surface area contributed by atoms with Crippen molar-refractivity contribution in [3.05, 3.63) is 71.1 Å². The first-order chi connectivity index (χ1) is 16.4. The average Bonchev–Trinajstić information content (AvgIpc) is 3.34. The molecule has 2 aromatic carbocycles. The van der Waals surface area contributed by atoms with Crippen LogP contribution in [0.1, 0.15) is 46.3 Å². The third-order valence-electron chi connectivity index (χ3n) is 9.24. The first-order valence-electron chi connectivity index (χ1n) is 12.1. The number of phenols is 1. The number of benzene rings is 2. The monoisotopic (exact) mass is 462 g/mol. The summed E-state index contributed by atoms with van der Waals surface area (Å²) in [5, 5.41) is 23.2. The highest BCUT2D eigenvalue weighted by Gasteiger charge is 2.73. The van der Waals surface area contributed by atoms with Gasteiger partial charge in [-0.25, -0.2) is 4.39 Å². The van der Waals surface area contributed by atoms with E-state index in [2.05, 4.69) is 11.5 Å². The summed E-state index contributed by atoms with van der Waals surface area (Å²) in [7, 11) is 0. The Bertz CT molecular complexity index is 1260. The molecule has 1 saturated heterocycles. The quantitative estimate of drug-likeness (QED) is 0.687. The number of piperidine rings is 1. The Morgan fingerprint density at radius 1 is 1.26 bits per heavy atom. The van der Waals surface area contributed by atoms with Gasteiger partial charge in [0.15, 0.2) is 11.5 Å². The van der Waals surface area contributed by atoms with Crippen molar-refractivity contribution in [1.29, 1.82) is 0 Å². The Morgan fingerprint density at radius 2 is 2.12 bits per heavy atom. The number of hydrogen-bond acceptors (Lipinski definition) is 5. The van der Waals surface area contributed by atoms with Gasteiger partial charge in [0.1, 0.15) is 11.9 Å². The standard InChI is InChI=1S/C27H27FN2O4/c1-2-11-29-12-10-26-22-15-6-7-20(31)23(22)34-24(26)19(8-9-27(26,33)21(29)13-15)30-14-17-16(25(30)32)4-3-5-18(17)28/h2-7,19,21,24,31,33H,1,8-14H2/t19-,21-,24+,26+,27?/m1/s1. The highest BCUT2D eigenvalue weighted by molar-refractivity contribution is 5.98. The minimum atomic E-state index is -1.05. The normalized spacial score (nSPS) is 35.1. The van der Waals surface area contributed by atoms with E-state index >= 15 is 0 Å². The lowest BCUT2D eigenvalue weighted by Crippen LogP contribution is -2.78. The van der Waals surface area contributed by atoms with Crippen LogP contribution in [-0.2, 0) is 18.4 Å². The predicted molar refractivity (Wildman–Crippen MR) is 122 cm³/mol. The molecule has 5 atom stereocenters. The number of aromatic hydroxyl groups is 1. The topological polar surface area (TPSA) is 73.2 Å². The number of carbonyl (C=O) groups is 1. The Labute approximate surface area is 197 Å².